The largest absolute Gasteiger partial charge is 0.463 e. The summed E-state index contributed by atoms with van der Waals surface area (Å²) in [5.41, 5.74) is 0. The summed E-state index contributed by atoms with van der Waals surface area (Å²) in [6.07, 6.45) is 2.66. The second-order valence-corrected chi connectivity index (χ2v) is 5.15. The van der Waals surface area contributed by atoms with E-state index in [4.69, 9.17) is 4.74 Å². The Labute approximate surface area is 95.9 Å². The number of thioether (sulfide) groups is 1. The van der Waals surface area contributed by atoms with Crippen LogP contribution in [0.4, 0.5) is 0 Å². The molecule has 0 bridgehead atoms. The van der Waals surface area contributed by atoms with E-state index >= 15 is 0 Å². The lowest BCUT2D eigenvalue weighted by Gasteiger charge is -2.18. The van der Waals surface area contributed by atoms with Crippen LogP contribution in [0.15, 0.2) is 0 Å². The van der Waals surface area contributed by atoms with E-state index in [1.165, 1.54) is 18.7 Å². The molecule has 2 atom stereocenters. The van der Waals surface area contributed by atoms with Gasteiger partial charge in [-0.3, -0.25) is 9.59 Å². The average molecular weight is 232 g/mol. The summed E-state index contributed by atoms with van der Waals surface area (Å²) in [6, 6.07) is 0. The molecule has 0 aliphatic heterocycles. The van der Waals surface area contributed by atoms with Crippen LogP contribution in [0.25, 0.3) is 0 Å². The minimum atomic E-state index is -0.259. The van der Waals surface area contributed by atoms with E-state index in [0.717, 1.165) is 19.3 Å². The Balaban J connectivity index is 4.02. The fourth-order valence-corrected chi connectivity index (χ4v) is 2.67. The van der Waals surface area contributed by atoms with Crippen molar-refractivity contribution in [2.75, 3.05) is 0 Å². The minimum absolute atomic E-state index is 0.106. The van der Waals surface area contributed by atoms with E-state index in [0.29, 0.717) is 0 Å². The van der Waals surface area contributed by atoms with Crippen LogP contribution in [-0.2, 0) is 14.3 Å². The van der Waals surface area contributed by atoms with Gasteiger partial charge in [-0.25, -0.2) is 0 Å². The molecule has 0 spiro atoms. The maximum atomic E-state index is 11.0. The van der Waals surface area contributed by atoms with Gasteiger partial charge in [-0.2, -0.15) is 0 Å². The van der Waals surface area contributed by atoms with Gasteiger partial charge < -0.3 is 4.74 Å². The van der Waals surface area contributed by atoms with Crippen molar-refractivity contribution < 1.29 is 14.3 Å². The number of hydrogen-bond acceptors (Lipinski definition) is 4. The summed E-state index contributed by atoms with van der Waals surface area (Å²) in [5, 5.41) is 0.394. The number of hydrogen-bond donors (Lipinski definition) is 0. The monoisotopic (exact) mass is 232 g/mol. The van der Waals surface area contributed by atoms with Crippen molar-refractivity contribution in [2.24, 2.45) is 0 Å². The molecule has 15 heavy (non-hydrogen) atoms. The van der Waals surface area contributed by atoms with E-state index in [9.17, 15) is 9.59 Å². The SMILES string of the molecule is CCC[C@H](C[C@H](C)OC(C)=O)SC(C)=O. The Morgan fingerprint density at radius 3 is 2.33 bits per heavy atom. The van der Waals surface area contributed by atoms with E-state index in [1.54, 1.807) is 6.92 Å². The number of rotatable bonds is 6. The molecule has 0 rings (SSSR count). The van der Waals surface area contributed by atoms with Crippen LogP contribution in [0, 0.1) is 0 Å². The molecule has 0 saturated heterocycles. The van der Waals surface area contributed by atoms with Gasteiger partial charge in [-0.05, 0) is 19.8 Å². The van der Waals surface area contributed by atoms with E-state index in [-0.39, 0.29) is 22.4 Å². The maximum Gasteiger partial charge on any atom is 0.302 e. The van der Waals surface area contributed by atoms with Crippen LogP contribution >= 0.6 is 11.8 Å². The van der Waals surface area contributed by atoms with E-state index in [1.807, 2.05) is 6.92 Å². The minimum Gasteiger partial charge on any atom is -0.463 e. The predicted octanol–water partition coefficient (Wildman–Crippen LogP) is 2.78. The molecule has 0 aliphatic carbocycles. The highest BCUT2D eigenvalue weighted by atomic mass is 32.2. The quantitative estimate of drug-likeness (QED) is 0.660. The molecule has 0 aromatic rings. The van der Waals surface area contributed by atoms with Crippen LogP contribution in [0.1, 0.15) is 47.0 Å². The smallest absolute Gasteiger partial charge is 0.302 e. The van der Waals surface area contributed by atoms with E-state index < -0.39 is 0 Å². The van der Waals surface area contributed by atoms with Crippen LogP contribution in [-0.4, -0.2) is 22.4 Å². The Hall–Kier alpha value is -0.510. The molecule has 0 aromatic heterocycles. The molecule has 0 fully saturated rings. The third-order valence-electron chi connectivity index (χ3n) is 1.91. The molecule has 0 saturated carbocycles. The summed E-state index contributed by atoms with van der Waals surface area (Å²) < 4.78 is 5.05. The first-order valence-electron chi connectivity index (χ1n) is 5.30. The summed E-state index contributed by atoms with van der Waals surface area (Å²) >= 11 is 1.35. The highest BCUT2D eigenvalue weighted by Crippen LogP contribution is 2.22. The number of ether oxygens (including phenoxy) is 1. The molecule has 0 unspecified atom stereocenters. The zero-order valence-corrected chi connectivity index (χ0v) is 10.7. The fourth-order valence-electron chi connectivity index (χ4n) is 1.48. The first-order valence-corrected chi connectivity index (χ1v) is 6.18. The van der Waals surface area contributed by atoms with Gasteiger partial charge in [0.15, 0.2) is 5.12 Å². The summed E-state index contributed by atoms with van der Waals surface area (Å²) in [5.74, 6) is -0.259. The second-order valence-electron chi connectivity index (χ2n) is 3.68. The highest BCUT2D eigenvalue weighted by Gasteiger charge is 2.16. The van der Waals surface area contributed by atoms with Crippen molar-refractivity contribution in [2.45, 2.75) is 58.3 Å². The topological polar surface area (TPSA) is 43.4 Å². The molecule has 88 valence electrons. The molecule has 4 heteroatoms. The number of esters is 1. The lowest BCUT2D eigenvalue weighted by molar-refractivity contribution is -0.145. The first kappa shape index (κ1) is 14.5. The zero-order valence-electron chi connectivity index (χ0n) is 9.91. The van der Waals surface area contributed by atoms with Gasteiger partial charge in [0, 0.05) is 19.1 Å². The Kier molecular flexibility index (Phi) is 7.48. The summed E-state index contributed by atoms with van der Waals surface area (Å²) in [4.78, 5) is 21.7. The van der Waals surface area contributed by atoms with Crippen LogP contribution < -0.4 is 0 Å². The van der Waals surface area contributed by atoms with Gasteiger partial charge in [-0.15, -0.1) is 0 Å². The Morgan fingerprint density at radius 2 is 1.93 bits per heavy atom. The molecule has 3 nitrogen and oxygen atoms in total. The second kappa shape index (κ2) is 7.74. The van der Waals surface area contributed by atoms with Gasteiger partial charge in [0.25, 0.3) is 0 Å². The molecular formula is C11H20O3S. The lowest BCUT2D eigenvalue weighted by Crippen LogP contribution is -2.19. The van der Waals surface area contributed by atoms with Crippen LogP contribution in [0.5, 0.6) is 0 Å². The maximum absolute atomic E-state index is 11.0. The third-order valence-corrected chi connectivity index (χ3v) is 3.00. The number of carbonyl (C=O) groups excluding carboxylic acids is 2. The van der Waals surface area contributed by atoms with Crippen molar-refractivity contribution in [3.05, 3.63) is 0 Å². The summed E-state index contributed by atoms with van der Waals surface area (Å²) in [6.45, 7) is 6.93. The highest BCUT2D eigenvalue weighted by molar-refractivity contribution is 8.14. The van der Waals surface area contributed by atoms with Crippen molar-refractivity contribution in [1.82, 2.24) is 0 Å². The van der Waals surface area contributed by atoms with Gasteiger partial charge in [-0.1, -0.05) is 25.1 Å². The normalized spacial score (nSPS) is 14.4. The van der Waals surface area contributed by atoms with Crippen molar-refractivity contribution in [3.63, 3.8) is 0 Å². The molecule has 0 N–H and O–H groups in total. The molecule has 0 aromatic carbocycles. The first-order chi connectivity index (χ1) is 6.95. The third kappa shape index (κ3) is 8.48. The standard InChI is InChI=1S/C11H20O3S/c1-5-6-11(15-10(4)13)7-8(2)14-9(3)12/h8,11H,5-7H2,1-4H3/t8-,11+/m0/s1. The van der Waals surface area contributed by atoms with Gasteiger partial charge in [0.05, 0.1) is 0 Å². The van der Waals surface area contributed by atoms with Gasteiger partial charge in [0.1, 0.15) is 6.10 Å². The van der Waals surface area contributed by atoms with Crippen molar-refractivity contribution in [1.29, 1.82) is 0 Å². The Morgan fingerprint density at radius 1 is 1.33 bits per heavy atom. The van der Waals surface area contributed by atoms with Crippen molar-refractivity contribution >= 4 is 22.8 Å². The lowest BCUT2D eigenvalue weighted by atomic mass is 10.1. The predicted molar refractivity (Wildman–Crippen MR) is 62.8 cm³/mol. The molecule has 0 amide bonds. The van der Waals surface area contributed by atoms with Crippen LogP contribution in [0.2, 0.25) is 0 Å². The zero-order chi connectivity index (χ0) is 11.8. The van der Waals surface area contributed by atoms with Crippen molar-refractivity contribution in [3.8, 4) is 0 Å². The summed E-state index contributed by atoms with van der Waals surface area (Å²) in [7, 11) is 0. The molecule has 0 aliphatic rings. The average Bonchev–Trinajstić information content (AvgIpc) is 2.00. The number of carbonyl (C=O) groups is 2. The Bertz CT molecular complexity index is 216. The van der Waals surface area contributed by atoms with Gasteiger partial charge >= 0.3 is 5.97 Å². The van der Waals surface area contributed by atoms with Crippen LogP contribution in [0.3, 0.4) is 0 Å². The van der Waals surface area contributed by atoms with E-state index in [2.05, 4.69) is 6.92 Å². The molecular weight excluding hydrogens is 212 g/mol. The molecule has 0 radical (unpaired) electrons. The fraction of sp³-hybridized carbons (Fsp3) is 0.818. The van der Waals surface area contributed by atoms with Gasteiger partial charge in [0.2, 0.25) is 0 Å². The molecule has 0 heterocycles.